The van der Waals surface area contributed by atoms with Crippen molar-refractivity contribution in [1.29, 1.82) is 0 Å². The Hall–Kier alpha value is -0.420. The van der Waals surface area contributed by atoms with Crippen molar-refractivity contribution in [2.24, 2.45) is 0 Å². The van der Waals surface area contributed by atoms with Gasteiger partial charge in [-0.2, -0.15) is 0 Å². The Labute approximate surface area is 124 Å². The van der Waals surface area contributed by atoms with Crippen LogP contribution in [0.3, 0.4) is 0 Å². The molecule has 18 heavy (non-hydrogen) atoms. The van der Waals surface area contributed by atoms with Crippen LogP contribution < -0.4 is 5.32 Å². The van der Waals surface area contributed by atoms with E-state index < -0.39 is 0 Å². The Morgan fingerprint density at radius 3 is 2.61 bits per heavy atom. The van der Waals surface area contributed by atoms with Gasteiger partial charge in [0.1, 0.15) is 5.69 Å². The van der Waals surface area contributed by atoms with Gasteiger partial charge in [-0.05, 0) is 40.9 Å². The average molecular weight is 376 g/mol. The summed E-state index contributed by atoms with van der Waals surface area (Å²) in [4.78, 5) is 16.3. The molecule has 1 aliphatic rings. The normalized spacial score (nSPS) is 18.3. The van der Waals surface area contributed by atoms with E-state index in [2.05, 4.69) is 42.2 Å². The van der Waals surface area contributed by atoms with E-state index in [4.69, 9.17) is 0 Å². The Morgan fingerprint density at radius 2 is 2.06 bits per heavy atom. The number of aromatic nitrogens is 1. The van der Waals surface area contributed by atoms with Crippen molar-refractivity contribution in [3.05, 3.63) is 28.5 Å². The molecule has 1 aliphatic carbocycles. The zero-order valence-electron chi connectivity index (χ0n) is 10.1. The van der Waals surface area contributed by atoms with Crippen molar-refractivity contribution in [3.63, 3.8) is 0 Å². The molecule has 1 fully saturated rings. The number of pyridine rings is 1. The fraction of sp³-hybridized carbons (Fsp3) is 0.538. The Balaban J connectivity index is 2.07. The van der Waals surface area contributed by atoms with Gasteiger partial charge in [0.05, 0.1) is 5.54 Å². The summed E-state index contributed by atoms with van der Waals surface area (Å²) >= 11 is 6.85. The van der Waals surface area contributed by atoms with Gasteiger partial charge in [0.15, 0.2) is 0 Å². The van der Waals surface area contributed by atoms with Crippen LogP contribution in [0.25, 0.3) is 0 Å². The van der Waals surface area contributed by atoms with E-state index in [0.29, 0.717) is 5.69 Å². The van der Waals surface area contributed by atoms with Gasteiger partial charge in [-0.15, -0.1) is 0 Å². The number of nitrogens with zero attached hydrogens (tertiary/aromatic N) is 1. The molecule has 1 aromatic rings. The van der Waals surface area contributed by atoms with Crippen LogP contribution in [0, 0.1) is 0 Å². The molecular weight excluding hydrogens is 360 g/mol. The quantitative estimate of drug-likeness (QED) is 0.819. The average Bonchev–Trinajstić information content (AvgIpc) is 2.40. The molecule has 98 valence electrons. The Bertz CT molecular complexity index is 414. The lowest BCUT2D eigenvalue weighted by Crippen LogP contribution is -2.51. The molecule has 3 nitrogen and oxygen atoms in total. The molecule has 1 heterocycles. The molecule has 1 aromatic heterocycles. The van der Waals surface area contributed by atoms with Crippen molar-refractivity contribution in [3.8, 4) is 0 Å². The zero-order chi connectivity index (χ0) is 13.0. The highest BCUT2D eigenvalue weighted by Crippen LogP contribution is 2.30. The van der Waals surface area contributed by atoms with Gasteiger partial charge in [0.2, 0.25) is 0 Å². The molecule has 1 amide bonds. The molecule has 5 heteroatoms. The number of hydrogen-bond donors (Lipinski definition) is 1. The second-order valence-electron chi connectivity index (χ2n) is 4.79. The van der Waals surface area contributed by atoms with Crippen molar-refractivity contribution in [1.82, 2.24) is 10.3 Å². The standard InChI is InChI=1S/C13H16Br2N2O/c14-9-13(6-2-1-3-7-13)17-12(18)11-5-4-10(15)8-16-11/h4-5,8H,1-3,6-7,9H2,(H,17,18). The van der Waals surface area contributed by atoms with Crippen LogP contribution in [-0.4, -0.2) is 21.8 Å². The lowest BCUT2D eigenvalue weighted by atomic mass is 9.83. The van der Waals surface area contributed by atoms with Crippen LogP contribution >= 0.6 is 31.9 Å². The van der Waals surface area contributed by atoms with Crippen LogP contribution in [0.2, 0.25) is 0 Å². The van der Waals surface area contributed by atoms with Crippen LogP contribution in [0.4, 0.5) is 0 Å². The van der Waals surface area contributed by atoms with Gasteiger partial charge in [-0.1, -0.05) is 35.2 Å². The molecule has 0 spiro atoms. The molecule has 0 saturated heterocycles. The van der Waals surface area contributed by atoms with E-state index in [1.807, 2.05) is 6.07 Å². The van der Waals surface area contributed by atoms with Crippen molar-refractivity contribution in [2.75, 3.05) is 5.33 Å². The minimum Gasteiger partial charge on any atom is -0.344 e. The van der Waals surface area contributed by atoms with Crippen LogP contribution in [0.1, 0.15) is 42.6 Å². The predicted molar refractivity (Wildman–Crippen MR) is 79.0 cm³/mol. The first-order valence-electron chi connectivity index (χ1n) is 6.15. The van der Waals surface area contributed by atoms with Crippen LogP contribution in [-0.2, 0) is 0 Å². The summed E-state index contributed by atoms with van der Waals surface area (Å²) in [6.07, 6.45) is 7.36. The molecule has 0 unspecified atom stereocenters. The number of carbonyl (C=O) groups is 1. The molecule has 2 rings (SSSR count). The van der Waals surface area contributed by atoms with Crippen LogP contribution in [0.15, 0.2) is 22.8 Å². The molecular formula is C13H16Br2N2O. The summed E-state index contributed by atoms with van der Waals surface area (Å²) in [7, 11) is 0. The maximum absolute atomic E-state index is 12.2. The third kappa shape index (κ3) is 3.32. The summed E-state index contributed by atoms with van der Waals surface area (Å²) in [6, 6.07) is 3.58. The van der Waals surface area contributed by atoms with Gasteiger partial charge in [-0.25, -0.2) is 4.98 Å². The summed E-state index contributed by atoms with van der Waals surface area (Å²) in [6.45, 7) is 0. The second-order valence-corrected chi connectivity index (χ2v) is 6.27. The first-order valence-corrected chi connectivity index (χ1v) is 8.07. The molecule has 1 saturated carbocycles. The first-order chi connectivity index (χ1) is 8.65. The van der Waals surface area contributed by atoms with E-state index in [1.165, 1.54) is 19.3 Å². The summed E-state index contributed by atoms with van der Waals surface area (Å²) in [5, 5.41) is 3.96. The number of nitrogens with one attached hydrogen (secondary N) is 1. The molecule has 0 atom stereocenters. The van der Waals surface area contributed by atoms with E-state index in [-0.39, 0.29) is 11.4 Å². The molecule has 0 radical (unpaired) electrons. The van der Waals surface area contributed by atoms with E-state index in [1.54, 1.807) is 12.3 Å². The highest BCUT2D eigenvalue weighted by Gasteiger charge is 2.32. The number of carbonyl (C=O) groups excluding carboxylic acids is 1. The largest absolute Gasteiger partial charge is 0.344 e. The molecule has 0 aromatic carbocycles. The van der Waals surface area contributed by atoms with Crippen molar-refractivity contribution < 1.29 is 4.79 Å². The number of rotatable bonds is 3. The lowest BCUT2D eigenvalue weighted by Gasteiger charge is -2.36. The summed E-state index contributed by atoms with van der Waals surface area (Å²) in [5.74, 6) is -0.0798. The van der Waals surface area contributed by atoms with Gasteiger partial charge >= 0.3 is 0 Å². The summed E-state index contributed by atoms with van der Waals surface area (Å²) < 4.78 is 0.881. The maximum Gasteiger partial charge on any atom is 0.270 e. The van der Waals surface area contributed by atoms with Gasteiger partial charge < -0.3 is 5.32 Å². The van der Waals surface area contributed by atoms with Gasteiger partial charge in [0, 0.05) is 16.0 Å². The van der Waals surface area contributed by atoms with E-state index in [9.17, 15) is 4.79 Å². The second kappa shape index (κ2) is 6.15. The fourth-order valence-corrected chi connectivity index (χ4v) is 3.27. The lowest BCUT2D eigenvalue weighted by molar-refractivity contribution is 0.0881. The third-order valence-corrected chi connectivity index (χ3v) is 4.95. The fourth-order valence-electron chi connectivity index (χ4n) is 2.34. The topological polar surface area (TPSA) is 42.0 Å². The maximum atomic E-state index is 12.2. The minimum atomic E-state index is -0.0932. The van der Waals surface area contributed by atoms with E-state index in [0.717, 1.165) is 22.6 Å². The molecule has 1 N–H and O–H groups in total. The van der Waals surface area contributed by atoms with Crippen molar-refractivity contribution >= 4 is 37.8 Å². The Kier molecular flexibility index (Phi) is 4.78. The molecule has 0 aliphatic heterocycles. The van der Waals surface area contributed by atoms with Gasteiger partial charge in [-0.3, -0.25) is 4.79 Å². The zero-order valence-corrected chi connectivity index (χ0v) is 13.3. The monoisotopic (exact) mass is 374 g/mol. The molecule has 0 bridgehead atoms. The summed E-state index contributed by atoms with van der Waals surface area (Å²) in [5.41, 5.74) is 0.383. The highest BCUT2D eigenvalue weighted by atomic mass is 79.9. The first kappa shape index (κ1) is 14.0. The predicted octanol–water partition coefficient (Wildman–Crippen LogP) is 3.67. The number of hydrogen-bond acceptors (Lipinski definition) is 2. The SMILES string of the molecule is O=C(NC1(CBr)CCCCC1)c1ccc(Br)cn1. The Morgan fingerprint density at radius 1 is 1.33 bits per heavy atom. The minimum absolute atomic E-state index is 0.0798. The number of halogens is 2. The van der Waals surface area contributed by atoms with E-state index >= 15 is 0 Å². The smallest absolute Gasteiger partial charge is 0.270 e. The van der Waals surface area contributed by atoms with Crippen LogP contribution in [0.5, 0.6) is 0 Å². The number of amides is 1. The highest BCUT2D eigenvalue weighted by molar-refractivity contribution is 9.10. The number of alkyl halides is 1. The van der Waals surface area contributed by atoms with Crippen molar-refractivity contribution in [2.45, 2.75) is 37.6 Å². The van der Waals surface area contributed by atoms with Gasteiger partial charge in [0.25, 0.3) is 5.91 Å². The third-order valence-electron chi connectivity index (χ3n) is 3.41.